The molecule has 10 aromatic rings. The van der Waals surface area contributed by atoms with Crippen LogP contribution in [0.1, 0.15) is 0 Å². The lowest BCUT2D eigenvalue weighted by Crippen LogP contribution is -2.03. The second-order valence-corrected chi connectivity index (χ2v) is 12.6. The van der Waals surface area contributed by atoms with Gasteiger partial charge in [-0.1, -0.05) is 146 Å². The molecule has 0 radical (unpaired) electrons. The van der Waals surface area contributed by atoms with Gasteiger partial charge in [0.05, 0.1) is 22.4 Å². The maximum Gasteiger partial charge on any atom is 0.235 e. The lowest BCUT2D eigenvalue weighted by Gasteiger charge is -2.12. The molecule has 228 valence electrons. The minimum absolute atomic E-state index is 0.658. The number of rotatable bonds is 4. The fraction of sp³-hybridized carbons (Fsp3) is 0. The van der Waals surface area contributed by atoms with Crippen molar-refractivity contribution < 1.29 is 0 Å². The van der Waals surface area contributed by atoms with Crippen LogP contribution in [0.15, 0.2) is 176 Å². The van der Waals surface area contributed by atoms with Crippen molar-refractivity contribution in [3.63, 3.8) is 0 Å². The van der Waals surface area contributed by atoms with Gasteiger partial charge >= 0.3 is 0 Å². The highest BCUT2D eigenvalue weighted by Crippen LogP contribution is 2.39. The summed E-state index contributed by atoms with van der Waals surface area (Å²) in [7, 11) is 0. The topological polar surface area (TPSA) is 30.7 Å². The van der Waals surface area contributed by atoms with E-state index in [1.54, 1.807) is 0 Å². The molecule has 2 heterocycles. The number of para-hydroxylation sites is 1. The maximum atomic E-state index is 5.20. The van der Waals surface area contributed by atoms with Crippen LogP contribution in [-0.4, -0.2) is 14.5 Å². The Morgan fingerprint density at radius 3 is 1.57 bits per heavy atom. The van der Waals surface area contributed by atoms with Crippen LogP contribution in [-0.2, 0) is 0 Å². The Kier molecular flexibility index (Phi) is 6.18. The van der Waals surface area contributed by atoms with Crippen LogP contribution in [0.5, 0.6) is 0 Å². The van der Waals surface area contributed by atoms with E-state index in [1.165, 1.54) is 54.2 Å². The second kappa shape index (κ2) is 11.0. The van der Waals surface area contributed by atoms with Gasteiger partial charge in [0, 0.05) is 21.9 Å². The predicted octanol–water partition coefficient (Wildman–Crippen LogP) is 12.0. The summed E-state index contributed by atoms with van der Waals surface area (Å²) < 4.78 is 2.23. The third kappa shape index (κ3) is 4.51. The summed E-state index contributed by atoms with van der Waals surface area (Å²) in [4.78, 5) is 10.4. The van der Waals surface area contributed by atoms with Crippen LogP contribution in [0.25, 0.3) is 93.7 Å². The first-order chi connectivity index (χ1) is 24.3. The van der Waals surface area contributed by atoms with E-state index in [1.807, 2.05) is 12.1 Å². The zero-order valence-electron chi connectivity index (χ0n) is 26.6. The number of benzene rings is 8. The Hall–Kier alpha value is -6.58. The normalized spacial score (nSPS) is 11.7. The van der Waals surface area contributed by atoms with Gasteiger partial charge in [-0.2, -0.15) is 0 Å². The first kappa shape index (κ1) is 27.5. The lowest BCUT2D eigenvalue weighted by molar-refractivity contribution is 0.996. The van der Waals surface area contributed by atoms with Crippen molar-refractivity contribution in [2.75, 3.05) is 0 Å². The van der Waals surface area contributed by atoms with Gasteiger partial charge in [-0.05, 0) is 73.8 Å². The Morgan fingerprint density at radius 1 is 0.327 bits per heavy atom. The van der Waals surface area contributed by atoms with Gasteiger partial charge in [0.1, 0.15) is 0 Å². The van der Waals surface area contributed by atoms with Crippen LogP contribution in [0.4, 0.5) is 0 Å². The van der Waals surface area contributed by atoms with Crippen molar-refractivity contribution in [1.29, 1.82) is 0 Å². The average molecular weight is 624 g/mol. The molecule has 3 heteroatoms. The SMILES string of the molecule is c1ccc(-c2cc(-c3ccccc3)nc(-n3c4ccccc4c4c5ccc(-c6ccc7c(ccc8ccccc87)c6)cc5ccc43)n2)cc1. The highest BCUT2D eigenvalue weighted by molar-refractivity contribution is 6.21. The quantitative estimate of drug-likeness (QED) is 0.183. The summed E-state index contributed by atoms with van der Waals surface area (Å²) in [5.41, 5.74) is 8.49. The standard InChI is InChI=1S/C46H29N3/c1-3-12-31(13-4-1)41-29-42(32-14-5-2-6-15-32)48-46(47-41)49-43-18-10-9-17-40(43)45-39-25-22-34(28-36(39)23-26-44(45)49)33-21-24-38-35(27-33)20-19-30-11-7-8-16-37(30)38/h1-29H. The molecule has 0 aliphatic carbocycles. The van der Waals surface area contributed by atoms with E-state index in [2.05, 4.69) is 168 Å². The van der Waals surface area contributed by atoms with Gasteiger partial charge in [-0.25, -0.2) is 9.97 Å². The number of fused-ring (bicyclic) bond motifs is 8. The molecule has 0 atom stereocenters. The molecule has 0 aliphatic heterocycles. The van der Waals surface area contributed by atoms with Gasteiger partial charge in [-0.3, -0.25) is 4.57 Å². The summed E-state index contributed by atoms with van der Waals surface area (Å²) >= 11 is 0. The van der Waals surface area contributed by atoms with Crippen LogP contribution in [0.2, 0.25) is 0 Å². The monoisotopic (exact) mass is 623 g/mol. The van der Waals surface area contributed by atoms with E-state index in [0.29, 0.717) is 5.95 Å². The Morgan fingerprint density at radius 2 is 0.857 bits per heavy atom. The lowest BCUT2D eigenvalue weighted by atomic mass is 9.95. The number of hydrogen-bond acceptors (Lipinski definition) is 2. The molecular weight excluding hydrogens is 595 g/mol. The smallest absolute Gasteiger partial charge is 0.235 e. The molecule has 49 heavy (non-hydrogen) atoms. The Bertz CT molecular complexity index is 2810. The van der Waals surface area contributed by atoms with Gasteiger partial charge < -0.3 is 0 Å². The fourth-order valence-corrected chi connectivity index (χ4v) is 7.43. The van der Waals surface area contributed by atoms with E-state index in [9.17, 15) is 0 Å². The number of aromatic nitrogens is 3. The molecule has 0 saturated heterocycles. The van der Waals surface area contributed by atoms with Crippen LogP contribution in [0.3, 0.4) is 0 Å². The van der Waals surface area contributed by atoms with E-state index in [4.69, 9.17) is 9.97 Å². The summed E-state index contributed by atoms with van der Waals surface area (Å²) in [6.07, 6.45) is 0. The third-order valence-corrected chi connectivity index (χ3v) is 9.78. The third-order valence-electron chi connectivity index (χ3n) is 9.78. The first-order valence-electron chi connectivity index (χ1n) is 16.7. The number of nitrogens with zero attached hydrogens (tertiary/aromatic N) is 3. The van der Waals surface area contributed by atoms with Gasteiger partial charge in [-0.15, -0.1) is 0 Å². The predicted molar refractivity (Wildman–Crippen MR) is 205 cm³/mol. The van der Waals surface area contributed by atoms with Crippen LogP contribution < -0.4 is 0 Å². The number of hydrogen-bond donors (Lipinski definition) is 0. The minimum atomic E-state index is 0.658. The molecule has 0 N–H and O–H groups in total. The van der Waals surface area contributed by atoms with E-state index < -0.39 is 0 Å². The van der Waals surface area contributed by atoms with Crippen molar-refractivity contribution in [3.8, 4) is 39.6 Å². The van der Waals surface area contributed by atoms with Crippen LogP contribution >= 0.6 is 0 Å². The van der Waals surface area contributed by atoms with E-state index >= 15 is 0 Å². The summed E-state index contributed by atoms with van der Waals surface area (Å²) in [5.74, 6) is 0.658. The van der Waals surface area contributed by atoms with Gasteiger partial charge in [0.15, 0.2) is 0 Å². The maximum absolute atomic E-state index is 5.20. The molecule has 0 amide bonds. The fourth-order valence-electron chi connectivity index (χ4n) is 7.43. The first-order valence-corrected chi connectivity index (χ1v) is 16.7. The summed E-state index contributed by atoms with van der Waals surface area (Å²) in [6, 6.07) is 62.6. The van der Waals surface area contributed by atoms with Crippen molar-refractivity contribution in [2.24, 2.45) is 0 Å². The van der Waals surface area contributed by atoms with E-state index in [0.717, 1.165) is 33.5 Å². The van der Waals surface area contributed by atoms with Crippen LogP contribution in [0, 0.1) is 0 Å². The molecule has 0 unspecified atom stereocenters. The largest absolute Gasteiger partial charge is 0.278 e. The Labute approximate surface area is 283 Å². The van der Waals surface area contributed by atoms with Crippen molar-refractivity contribution >= 4 is 54.1 Å². The van der Waals surface area contributed by atoms with Crippen molar-refractivity contribution in [1.82, 2.24) is 14.5 Å². The molecule has 0 aliphatic rings. The summed E-state index contributed by atoms with van der Waals surface area (Å²) in [5, 5.41) is 9.90. The van der Waals surface area contributed by atoms with Crippen molar-refractivity contribution in [3.05, 3.63) is 176 Å². The van der Waals surface area contributed by atoms with Gasteiger partial charge in [0.25, 0.3) is 0 Å². The molecule has 0 spiro atoms. The molecule has 8 aromatic carbocycles. The summed E-state index contributed by atoms with van der Waals surface area (Å²) in [6.45, 7) is 0. The molecule has 0 saturated carbocycles. The molecule has 10 rings (SSSR count). The highest BCUT2D eigenvalue weighted by Gasteiger charge is 2.18. The zero-order valence-corrected chi connectivity index (χ0v) is 26.6. The Balaban J connectivity index is 1.17. The average Bonchev–Trinajstić information content (AvgIpc) is 3.53. The molecule has 2 aromatic heterocycles. The minimum Gasteiger partial charge on any atom is -0.278 e. The van der Waals surface area contributed by atoms with E-state index in [-0.39, 0.29) is 0 Å². The highest BCUT2D eigenvalue weighted by atomic mass is 15.2. The van der Waals surface area contributed by atoms with Crippen molar-refractivity contribution in [2.45, 2.75) is 0 Å². The van der Waals surface area contributed by atoms with Gasteiger partial charge in [0.2, 0.25) is 5.95 Å². The second-order valence-electron chi connectivity index (χ2n) is 12.6. The molecule has 0 fully saturated rings. The molecule has 3 nitrogen and oxygen atoms in total. The molecular formula is C46H29N3. The molecule has 0 bridgehead atoms. The zero-order chi connectivity index (χ0) is 32.3.